The van der Waals surface area contributed by atoms with Crippen LogP contribution in [0.15, 0.2) is 53.3 Å². The fourth-order valence-corrected chi connectivity index (χ4v) is 2.57. The minimum absolute atomic E-state index is 0.00784. The zero-order valence-electron chi connectivity index (χ0n) is 15.2. The average Bonchev–Trinajstić information content (AvgIpc) is 3.04. The van der Waals surface area contributed by atoms with Gasteiger partial charge in [0.15, 0.2) is 0 Å². The van der Waals surface area contributed by atoms with Gasteiger partial charge in [-0.05, 0) is 29.2 Å². The fraction of sp³-hybridized carbons (Fsp3) is 0.300. The van der Waals surface area contributed by atoms with Crippen LogP contribution in [-0.4, -0.2) is 21.0 Å². The Morgan fingerprint density at radius 1 is 1.15 bits per heavy atom. The fourth-order valence-electron chi connectivity index (χ4n) is 2.57. The topological polar surface area (TPSA) is 80.9 Å². The van der Waals surface area contributed by atoms with E-state index in [9.17, 15) is 4.79 Å². The number of pyridine rings is 1. The molecule has 1 N–H and O–H groups in total. The van der Waals surface area contributed by atoms with Crippen LogP contribution in [0.2, 0.25) is 0 Å². The third kappa shape index (κ3) is 4.75. The van der Waals surface area contributed by atoms with Gasteiger partial charge in [0.05, 0.1) is 6.42 Å². The van der Waals surface area contributed by atoms with Crippen LogP contribution in [0, 0.1) is 5.41 Å². The number of hydrogen-bond acceptors (Lipinski definition) is 5. The normalized spacial score (nSPS) is 11.3. The number of hydrogen-bond donors (Lipinski definition) is 1. The van der Waals surface area contributed by atoms with Crippen molar-refractivity contribution in [1.29, 1.82) is 0 Å². The van der Waals surface area contributed by atoms with E-state index in [-0.39, 0.29) is 11.3 Å². The lowest BCUT2D eigenvalue weighted by Crippen LogP contribution is -2.20. The Labute approximate surface area is 152 Å². The van der Waals surface area contributed by atoms with Gasteiger partial charge < -0.3 is 9.84 Å². The molecule has 0 saturated carbocycles. The number of amides is 1. The number of carbonyl (C=O) groups is 1. The molecule has 0 fully saturated rings. The van der Waals surface area contributed by atoms with E-state index < -0.39 is 0 Å². The molecule has 0 saturated heterocycles. The molecule has 1 amide bonds. The van der Waals surface area contributed by atoms with Crippen molar-refractivity contribution < 1.29 is 9.32 Å². The Morgan fingerprint density at radius 3 is 2.69 bits per heavy atom. The number of nitrogens with zero attached hydrogens (tertiary/aromatic N) is 3. The van der Waals surface area contributed by atoms with Crippen LogP contribution in [0.25, 0.3) is 11.4 Å². The van der Waals surface area contributed by atoms with Crippen molar-refractivity contribution in [3.63, 3.8) is 0 Å². The first kappa shape index (κ1) is 17.8. The van der Waals surface area contributed by atoms with E-state index in [1.54, 1.807) is 12.4 Å². The summed E-state index contributed by atoms with van der Waals surface area (Å²) >= 11 is 0. The van der Waals surface area contributed by atoms with E-state index >= 15 is 0 Å². The van der Waals surface area contributed by atoms with Crippen molar-refractivity contribution in [1.82, 2.24) is 15.1 Å². The number of para-hydroxylation sites is 1. The molecule has 2 aromatic heterocycles. The van der Waals surface area contributed by atoms with E-state index in [0.717, 1.165) is 16.8 Å². The summed E-state index contributed by atoms with van der Waals surface area (Å²) in [6, 6.07) is 11.3. The molecule has 26 heavy (non-hydrogen) atoms. The maximum Gasteiger partial charge on any atom is 0.231 e. The third-order valence-electron chi connectivity index (χ3n) is 3.71. The van der Waals surface area contributed by atoms with Crippen LogP contribution in [-0.2, 0) is 11.2 Å². The number of aromatic nitrogens is 3. The maximum absolute atomic E-state index is 12.3. The van der Waals surface area contributed by atoms with Gasteiger partial charge in [-0.15, -0.1) is 0 Å². The monoisotopic (exact) mass is 350 g/mol. The first-order valence-electron chi connectivity index (χ1n) is 8.51. The van der Waals surface area contributed by atoms with Gasteiger partial charge in [-0.3, -0.25) is 9.78 Å². The van der Waals surface area contributed by atoms with Gasteiger partial charge in [-0.25, -0.2) is 0 Å². The van der Waals surface area contributed by atoms with Crippen molar-refractivity contribution in [3.8, 4) is 11.4 Å². The molecule has 0 spiro atoms. The highest BCUT2D eigenvalue weighted by Gasteiger charge is 2.17. The van der Waals surface area contributed by atoms with Gasteiger partial charge in [0.25, 0.3) is 0 Å². The Hall–Kier alpha value is -3.02. The number of anilines is 1. The highest BCUT2D eigenvalue weighted by atomic mass is 16.5. The van der Waals surface area contributed by atoms with Crippen molar-refractivity contribution >= 4 is 11.6 Å². The summed E-state index contributed by atoms with van der Waals surface area (Å²) in [6.07, 6.45) is 4.28. The first-order valence-corrected chi connectivity index (χ1v) is 8.51. The second kappa shape index (κ2) is 7.47. The Bertz CT molecular complexity index is 882. The van der Waals surface area contributed by atoms with Gasteiger partial charge in [-0.1, -0.05) is 44.1 Å². The molecule has 0 radical (unpaired) electrons. The van der Waals surface area contributed by atoms with Gasteiger partial charge in [-0.2, -0.15) is 4.98 Å². The zero-order chi connectivity index (χ0) is 18.6. The van der Waals surface area contributed by atoms with Crippen LogP contribution in [0.1, 0.15) is 38.6 Å². The van der Waals surface area contributed by atoms with E-state index in [1.807, 2.05) is 57.2 Å². The zero-order valence-corrected chi connectivity index (χ0v) is 15.2. The first-order chi connectivity index (χ1) is 12.4. The number of carbonyl (C=O) groups excluding carboxylic acids is 1. The molecule has 0 atom stereocenters. The van der Waals surface area contributed by atoms with Crippen LogP contribution < -0.4 is 5.32 Å². The van der Waals surface area contributed by atoms with E-state index in [1.165, 1.54) is 0 Å². The number of nitrogens with one attached hydrogen (secondary N) is 1. The van der Waals surface area contributed by atoms with E-state index in [4.69, 9.17) is 4.52 Å². The predicted octanol–water partition coefficient (Wildman–Crippen LogP) is 4.10. The van der Waals surface area contributed by atoms with Gasteiger partial charge in [0, 0.05) is 30.1 Å². The summed E-state index contributed by atoms with van der Waals surface area (Å²) in [4.78, 5) is 20.7. The standard InChI is InChI=1S/C20H22N4O2/c1-20(2,3)12-17(25)22-16-9-5-4-7-14(16)11-18-23-19(24-26-18)15-8-6-10-21-13-15/h4-10,13H,11-12H2,1-3H3,(H,22,25). The summed E-state index contributed by atoms with van der Waals surface area (Å²) in [5.74, 6) is 0.982. The van der Waals surface area contributed by atoms with Crippen molar-refractivity contribution in [2.75, 3.05) is 5.32 Å². The van der Waals surface area contributed by atoms with Gasteiger partial charge in [0.2, 0.25) is 17.6 Å². The molecule has 1 aromatic carbocycles. The molecule has 0 unspecified atom stereocenters. The molecular formula is C20H22N4O2. The predicted molar refractivity (Wildman–Crippen MR) is 99.5 cm³/mol. The lowest BCUT2D eigenvalue weighted by atomic mass is 9.92. The molecule has 0 aliphatic carbocycles. The molecule has 0 bridgehead atoms. The lowest BCUT2D eigenvalue weighted by molar-refractivity contribution is -0.117. The quantitative estimate of drug-likeness (QED) is 0.749. The van der Waals surface area contributed by atoms with Crippen LogP contribution in [0.3, 0.4) is 0 Å². The van der Waals surface area contributed by atoms with Crippen LogP contribution in [0.4, 0.5) is 5.69 Å². The Balaban J connectivity index is 1.75. The molecule has 3 aromatic rings. The van der Waals surface area contributed by atoms with Crippen molar-refractivity contribution in [2.24, 2.45) is 5.41 Å². The van der Waals surface area contributed by atoms with Crippen molar-refractivity contribution in [2.45, 2.75) is 33.6 Å². The maximum atomic E-state index is 12.3. The molecule has 3 rings (SSSR count). The molecule has 6 heteroatoms. The van der Waals surface area contributed by atoms with Crippen LogP contribution in [0.5, 0.6) is 0 Å². The summed E-state index contributed by atoms with van der Waals surface area (Å²) in [5, 5.41) is 7.00. The molecular weight excluding hydrogens is 328 g/mol. The highest BCUT2D eigenvalue weighted by molar-refractivity contribution is 5.91. The van der Waals surface area contributed by atoms with Crippen molar-refractivity contribution in [3.05, 3.63) is 60.2 Å². The summed E-state index contributed by atoms with van der Waals surface area (Å²) in [5.41, 5.74) is 2.43. The summed E-state index contributed by atoms with van der Waals surface area (Å²) in [6.45, 7) is 6.12. The van der Waals surface area contributed by atoms with Gasteiger partial charge >= 0.3 is 0 Å². The second-order valence-corrected chi connectivity index (χ2v) is 7.37. The Kier molecular flexibility index (Phi) is 5.11. The third-order valence-corrected chi connectivity index (χ3v) is 3.71. The number of rotatable bonds is 5. The summed E-state index contributed by atoms with van der Waals surface area (Å²) < 4.78 is 5.36. The van der Waals surface area contributed by atoms with E-state index in [0.29, 0.717) is 24.6 Å². The lowest BCUT2D eigenvalue weighted by Gasteiger charge is -2.18. The molecule has 2 heterocycles. The second-order valence-electron chi connectivity index (χ2n) is 7.37. The molecule has 6 nitrogen and oxygen atoms in total. The summed E-state index contributed by atoms with van der Waals surface area (Å²) in [7, 11) is 0. The molecule has 134 valence electrons. The van der Waals surface area contributed by atoms with Crippen LogP contribution >= 0.6 is 0 Å². The molecule has 0 aliphatic rings. The van der Waals surface area contributed by atoms with Gasteiger partial charge in [0.1, 0.15) is 0 Å². The average molecular weight is 350 g/mol. The highest BCUT2D eigenvalue weighted by Crippen LogP contribution is 2.23. The SMILES string of the molecule is CC(C)(C)CC(=O)Nc1ccccc1Cc1nc(-c2cccnc2)no1. The smallest absolute Gasteiger partial charge is 0.231 e. The van der Waals surface area contributed by atoms with E-state index in [2.05, 4.69) is 20.4 Å². The molecule has 0 aliphatic heterocycles. The largest absolute Gasteiger partial charge is 0.339 e. The Morgan fingerprint density at radius 2 is 1.96 bits per heavy atom. The minimum Gasteiger partial charge on any atom is -0.339 e. The minimum atomic E-state index is -0.0653. The number of benzene rings is 1.